The van der Waals surface area contributed by atoms with Crippen LogP contribution in [0, 0.1) is 11.3 Å². The molecule has 1 aliphatic rings. The van der Waals surface area contributed by atoms with Crippen LogP contribution in [0.4, 0.5) is 0 Å². The lowest BCUT2D eigenvalue weighted by Crippen LogP contribution is -2.22. The van der Waals surface area contributed by atoms with Gasteiger partial charge in [0.15, 0.2) is 0 Å². The van der Waals surface area contributed by atoms with Crippen molar-refractivity contribution in [2.24, 2.45) is 0 Å². The Bertz CT molecular complexity index is 1200. The summed E-state index contributed by atoms with van der Waals surface area (Å²) in [6.07, 6.45) is 0. The van der Waals surface area contributed by atoms with Crippen LogP contribution in [0.2, 0.25) is 0 Å². The van der Waals surface area contributed by atoms with E-state index in [0.717, 1.165) is 22.3 Å². The summed E-state index contributed by atoms with van der Waals surface area (Å²) in [6.45, 7) is 0. The molecule has 0 spiro atoms. The number of rotatable bonds is 5. The SMILES string of the molecule is CN(C)C(C#N)c1c(OS(=O)(=O)c2ccccc2)ccc2c1-c1ccccc1-2. The minimum absolute atomic E-state index is 0.0717. The molecule has 0 N–H and O–H groups in total. The highest BCUT2D eigenvalue weighted by Crippen LogP contribution is 2.53. The Morgan fingerprint density at radius 2 is 1.54 bits per heavy atom. The van der Waals surface area contributed by atoms with Gasteiger partial charge in [-0.15, -0.1) is 0 Å². The van der Waals surface area contributed by atoms with E-state index in [0.29, 0.717) is 5.56 Å². The molecule has 0 heterocycles. The number of benzene rings is 3. The molecule has 1 atom stereocenters. The zero-order valence-corrected chi connectivity index (χ0v) is 16.3. The Hall–Kier alpha value is -3.14. The van der Waals surface area contributed by atoms with Gasteiger partial charge in [-0.05, 0) is 60.6 Å². The summed E-state index contributed by atoms with van der Waals surface area (Å²) < 4.78 is 31.1. The van der Waals surface area contributed by atoms with E-state index >= 15 is 0 Å². The number of nitrogens with zero attached hydrogens (tertiary/aromatic N) is 2. The summed E-state index contributed by atoms with van der Waals surface area (Å²) in [5, 5.41) is 9.78. The molecule has 0 saturated carbocycles. The van der Waals surface area contributed by atoms with Crippen LogP contribution in [0.15, 0.2) is 71.6 Å². The van der Waals surface area contributed by atoms with E-state index < -0.39 is 16.2 Å². The second kappa shape index (κ2) is 6.79. The fourth-order valence-corrected chi connectivity index (χ4v) is 4.49. The first-order valence-corrected chi connectivity index (χ1v) is 10.2. The fourth-order valence-electron chi connectivity index (χ4n) is 3.52. The molecule has 0 amide bonds. The Labute approximate surface area is 164 Å². The Morgan fingerprint density at radius 1 is 0.893 bits per heavy atom. The topological polar surface area (TPSA) is 70.4 Å². The molecule has 1 unspecified atom stereocenters. The number of hydrogen-bond donors (Lipinski definition) is 0. The van der Waals surface area contributed by atoms with E-state index in [-0.39, 0.29) is 10.6 Å². The maximum atomic E-state index is 12.8. The largest absolute Gasteiger partial charge is 0.379 e. The van der Waals surface area contributed by atoms with Crippen molar-refractivity contribution in [1.82, 2.24) is 4.90 Å². The van der Waals surface area contributed by atoms with Crippen molar-refractivity contribution in [2.75, 3.05) is 14.1 Å². The molecule has 0 aliphatic heterocycles. The van der Waals surface area contributed by atoms with Crippen LogP contribution >= 0.6 is 0 Å². The van der Waals surface area contributed by atoms with Crippen molar-refractivity contribution in [3.05, 3.63) is 72.3 Å². The molecule has 140 valence electrons. The molecular formula is C22H18N2O3S. The lowest BCUT2D eigenvalue weighted by Gasteiger charge is -2.31. The van der Waals surface area contributed by atoms with E-state index in [2.05, 4.69) is 6.07 Å². The van der Waals surface area contributed by atoms with Gasteiger partial charge in [-0.1, -0.05) is 42.5 Å². The Balaban J connectivity index is 1.88. The normalized spacial score (nSPS) is 13.1. The number of nitriles is 1. The second-order valence-electron chi connectivity index (χ2n) is 6.79. The van der Waals surface area contributed by atoms with E-state index in [1.54, 1.807) is 43.3 Å². The zero-order chi connectivity index (χ0) is 19.9. The third-order valence-corrected chi connectivity index (χ3v) is 6.08. The molecule has 4 rings (SSSR count). The molecule has 5 nitrogen and oxygen atoms in total. The Morgan fingerprint density at radius 3 is 2.18 bits per heavy atom. The Kier molecular flexibility index (Phi) is 4.42. The van der Waals surface area contributed by atoms with Gasteiger partial charge in [0.2, 0.25) is 0 Å². The van der Waals surface area contributed by atoms with Crippen molar-refractivity contribution in [3.63, 3.8) is 0 Å². The van der Waals surface area contributed by atoms with E-state index in [1.165, 1.54) is 12.1 Å². The predicted molar refractivity (Wildman–Crippen MR) is 107 cm³/mol. The van der Waals surface area contributed by atoms with Crippen molar-refractivity contribution in [3.8, 4) is 34.1 Å². The highest BCUT2D eigenvalue weighted by Gasteiger charge is 2.33. The maximum absolute atomic E-state index is 12.8. The van der Waals surface area contributed by atoms with Crippen molar-refractivity contribution >= 4 is 10.1 Å². The molecule has 0 bridgehead atoms. The molecule has 3 aromatic rings. The average molecular weight is 390 g/mol. The third kappa shape index (κ3) is 2.85. The maximum Gasteiger partial charge on any atom is 0.339 e. The van der Waals surface area contributed by atoms with Gasteiger partial charge in [0, 0.05) is 5.56 Å². The summed E-state index contributed by atoms with van der Waals surface area (Å²) in [5.41, 5.74) is 4.53. The monoisotopic (exact) mass is 390 g/mol. The highest BCUT2D eigenvalue weighted by molar-refractivity contribution is 7.87. The smallest absolute Gasteiger partial charge is 0.339 e. The van der Waals surface area contributed by atoms with Gasteiger partial charge >= 0.3 is 10.1 Å². The van der Waals surface area contributed by atoms with Crippen LogP contribution in [-0.2, 0) is 10.1 Å². The van der Waals surface area contributed by atoms with Crippen LogP contribution in [0.5, 0.6) is 5.75 Å². The first kappa shape index (κ1) is 18.2. The zero-order valence-electron chi connectivity index (χ0n) is 15.5. The van der Waals surface area contributed by atoms with Crippen LogP contribution in [0.1, 0.15) is 11.6 Å². The molecule has 6 heteroatoms. The average Bonchev–Trinajstić information content (AvgIpc) is 2.68. The van der Waals surface area contributed by atoms with Gasteiger partial charge in [-0.3, -0.25) is 4.90 Å². The first-order valence-electron chi connectivity index (χ1n) is 8.76. The molecule has 1 aliphatic carbocycles. The molecule has 0 aromatic heterocycles. The van der Waals surface area contributed by atoms with Gasteiger partial charge in [0.05, 0.1) is 6.07 Å². The quantitative estimate of drug-likeness (QED) is 0.477. The van der Waals surface area contributed by atoms with Crippen LogP contribution in [0.25, 0.3) is 22.3 Å². The van der Waals surface area contributed by atoms with Crippen LogP contribution in [-0.4, -0.2) is 27.4 Å². The fraction of sp³-hybridized carbons (Fsp3) is 0.136. The lowest BCUT2D eigenvalue weighted by atomic mass is 9.76. The molecule has 0 fully saturated rings. The molecule has 3 aromatic carbocycles. The molecule has 28 heavy (non-hydrogen) atoms. The summed E-state index contributed by atoms with van der Waals surface area (Å²) in [4.78, 5) is 1.82. The number of hydrogen-bond acceptors (Lipinski definition) is 5. The summed E-state index contributed by atoms with van der Waals surface area (Å²) in [5.74, 6) is 0.178. The summed E-state index contributed by atoms with van der Waals surface area (Å²) in [7, 11) is -0.444. The van der Waals surface area contributed by atoms with E-state index in [9.17, 15) is 13.7 Å². The molecule has 0 saturated heterocycles. The third-order valence-electron chi connectivity index (χ3n) is 4.84. The molecule has 0 radical (unpaired) electrons. The predicted octanol–water partition coefficient (Wildman–Crippen LogP) is 4.23. The highest BCUT2D eigenvalue weighted by atomic mass is 32.2. The van der Waals surface area contributed by atoms with Crippen molar-refractivity contribution in [2.45, 2.75) is 10.9 Å². The first-order chi connectivity index (χ1) is 13.4. The van der Waals surface area contributed by atoms with Gasteiger partial charge in [-0.2, -0.15) is 13.7 Å². The lowest BCUT2D eigenvalue weighted by molar-refractivity contribution is 0.352. The minimum Gasteiger partial charge on any atom is -0.379 e. The van der Waals surface area contributed by atoms with Gasteiger partial charge in [0.1, 0.15) is 16.7 Å². The van der Waals surface area contributed by atoms with Crippen LogP contribution < -0.4 is 4.18 Å². The summed E-state index contributed by atoms with van der Waals surface area (Å²) in [6, 6.07) is 21.0. The number of fused-ring (bicyclic) bond motifs is 4. The standard InChI is InChI=1S/C22H18N2O3S/c1-24(2)19(14-23)22-20(27-28(25,26)15-8-4-3-5-9-15)13-12-18-16-10-6-7-11-17(16)21(18)22/h3-13,19H,1-2H3. The summed E-state index contributed by atoms with van der Waals surface area (Å²) >= 11 is 0. The van der Waals surface area contributed by atoms with Gasteiger partial charge < -0.3 is 4.18 Å². The minimum atomic E-state index is -4.01. The van der Waals surface area contributed by atoms with Gasteiger partial charge in [0.25, 0.3) is 0 Å². The van der Waals surface area contributed by atoms with E-state index in [1.807, 2.05) is 30.3 Å². The second-order valence-corrected chi connectivity index (χ2v) is 8.34. The van der Waals surface area contributed by atoms with Gasteiger partial charge in [-0.25, -0.2) is 0 Å². The molecular weight excluding hydrogens is 372 g/mol. The van der Waals surface area contributed by atoms with E-state index in [4.69, 9.17) is 4.18 Å². The van der Waals surface area contributed by atoms with Crippen molar-refractivity contribution < 1.29 is 12.6 Å². The van der Waals surface area contributed by atoms with Crippen molar-refractivity contribution in [1.29, 1.82) is 5.26 Å². The van der Waals surface area contributed by atoms with Crippen LogP contribution in [0.3, 0.4) is 0 Å².